The van der Waals surface area contributed by atoms with E-state index in [0.29, 0.717) is 5.92 Å². The Balaban J connectivity index is 1.15. The highest BCUT2D eigenvalue weighted by molar-refractivity contribution is 5.90. The third kappa shape index (κ3) is 5.95. The number of hydrogen-bond donors (Lipinski definition) is 0. The Kier molecular flexibility index (Phi) is 9.64. The number of hydrogen-bond acceptors (Lipinski definition) is 1. The third-order valence-corrected chi connectivity index (χ3v) is 16.7. The Labute approximate surface area is 424 Å². The average Bonchev–Trinajstić information content (AvgIpc) is 4.10. The maximum Gasteiger partial charge on any atom is 0.490 e. The van der Waals surface area contributed by atoms with Gasteiger partial charge in [0.25, 0.3) is 5.54 Å². The second-order valence-electron chi connectivity index (χ2n) is 21.7. The molecule has 1 aliphatic heterocycles. The first kappa shape index (κ1) is 44.0. The molecular formula is C69H59N3+2. The van der Waals surface area contributed by atoms with E-state index in [9.17, 15) is 0 Å². The zero-order valence-electron chi connectivity index (χ0n) is 42.8. The van der Waals surface area contributed by atoms with Crippen LogP contribution in [0.1, 0.15) is 120 Å². The van der Waals surface area contributed by atoms with Crippen LogP contribution >= 0.6 is 0 Å². The molecule has 3 aliphatic carbocycles. The third-order valence-electron chi connectivity index (χ3n) is 16.7. The second-order valence-corrected chi connectivity index (χ2v) is 21.7. The van der Waals surface area contributed by atoms with E-state index < -0.39 is 16.4 Å². The summed E-state index contributed by atoms with van der Waals surface area (Å²) in [6.07, 6.45) is 6.37. The topological polar surface area (TPSA) is 18.9 Å². The van der Waals surface area contributed by atoms with Crippen LogP contribution in [-0.2, 0) is 16.4 Å². The predicted octanol–water partition coefficient (Wildman–Crippen LogP) is 15.4. The van der Waals surface area contributed by atoms with Crippen molar-refractivity contribution in [3.8, 4) is 33.4 Å². The average molecular weight is 930 g/mol. The summed E-state index contributed by atoms with van der Waals surface area (Å²) in [5.41, 5.74) is 27.9. The van der Waals surface area contributed by atoms with Crippen LogP contribution in [-0.4, -0.2) is 27.2 Å². The van der Waals surface area contributed by atoms with Crippen molar-refractivity contribution in [2.75, 3.05) is 7.05 Å². The fourth-order valence-corrected chi connectivity index (χ4v) is 13.5. The van der Waals surface area contributed by atoms with Crippen molar-refractivity contribution in [1.29, 1.82) is 0 Å². The van der Waals surface area contributed by atoms with Gasteiger partial charge < -0.3 is 0 Å². The molecule has 348 valence electrons. The molecule has 0 unspecified atom stereocenters. The van der Waals surface area contributed by atoms with Gasteiger partial charge in [0.2, 0.25) is 12.4 Å². The summed E-state index contributed by atoms with van der Waals surface area (Å²) in [6.45, 7) is 17.9. The number of aryl methyl sites for hydroxylation is 6. The van der Waals surface area contributed by atoms with Gasteiger partial charge in [-0.05, 0) is 144 Å². The van der Waals surface area contributed by atoms with Gasteiger partial charge >= 0.3 is 6.01 Å². The van der Waals surface area contributed by atoms with E-state index in [1.165, 1.54) is 128 Å². The molecule has 8 aromatic carbocycles. The van der Waals surface area contributed by atoms with Gasteiger partial charge in [-0.1, -0.05) is 208 Å². The largest absolute Gasteiger partial charge is 0.490 e. The number of fused-ring (bicyclic) bond motifs is 9. The first-order valence-electron chi connectivity index (χ1n) is 25.7. The SMILES string of the molecule is Cc1ccc2c(c1)-c1cc(C)ccc1C2(c1cccc(C2(c3cc(C(C)C)ccn3)c3ccc(C)cc3-c3cc(C)ccc32)c1)c1cccc(C2([N+]3=C=[N+](C)C=C3)c3ccc(C)cc3-c3cc(C)ccc32)c1. The maximum atomic E-state index is 5.42. The summed E-state index contributed by atoms with van der Waals surface area (Å²) < 4.78 is 4.38. The van der Waals surface area contributed by atoms with Crippen molar-refractivity contribution in [2.24, 2.45) is 0 Å². The zero-order chi connectivity index (χ0) is 49.4. The van der Waals surface area contributed by atoms with Gasteiger partial charge in [-0.2, -0.15) is 0 Å². The molecule has 2 heterocycles. The monoisotopic (exact) mass is 929 g/mol. The van der Waals surface area contributed by atoms with Gasteiger partial charge in [-0.3, -0.25) is 4.98 Å². The van der Waals surface area contributed by atoms with E-state index in [1.807, 2.05) is 6.20 Å². The van der Waals surface area contributed by atoms with Crippen LogP contribution in [0.25, 0.3) is 33.4 Å². The lowest BCUT2D eigenvalue weighted by Gasteiger charge is -2.38. The summed E-state index contributed by atoms with van der Waals surface area (Å²) in [4.78, 5) is 5.42. The molecular weight excluding hydrogens is 871 g/mol. The fourth-order valence-electron chi connectivity index (χ4n) is 13.5. The van der Waals surface area contributed by atoms with Crippen LogP contribution in [0.2, 0.25) is 0 Å². The number of aromatic nitrogens is 1. The van der Waals surface area contributed by atoms with E-state index in [1.54, 1.807) is 0 Å². The van der Waals surface area contributed by atoms with Gasteiger partial charge in [0.15, 0.2) is 7.05 Å². The quantitative estimate of drug-likeness (QED) is 0.146. The van der Waals surface area contributed by atoms with E-state index in [0.717, 1.165) is 5.69 Å². The Hall–Kier alpha value is -7.97. The van der Waals surface area contributed by atoms with Gasteiger partial charge in [-0.25, -0.2) is 0 Å². The molecule has 3 heteroatoms. The fraction of sp³-hybridized carbons (Fsp3) is 0.188. The first-order chi connectivity index (χ1) is 34.8. The van der Waals surface area contributed by atoms with Crippen molar-refractivity contribution in [3.63, 3.8) is 0 Å². The molecule has 0 fully saturated rings. The number of pyridine rings is 1. The summed E-state index contributed by atoms with van der Waals surface area (Å²) in [5, 5.41) is 0. The molecule has 0 saturated carbocycles. The van der Waals surface area contributed by atoms with Crippen LogP contribution in [0.4, 0.5) is 0 Å². The van der Waals surface area contributed by atoms with E-state index in [-0.39, 0.29) is 0 Å². The van der Waals surface area contributed by atoms with Crippen molar-refractivity contribution in [3.05, 3.63) is 289 Å². The van der Waals surface area contributed by atoms with Crippen molar-refractivity contribution >= 4 is 6.01 Å². The lowest BCUT2D eigenvalue weighted by atomic mass is 9.64. The molecule has 0 atom stereocenters. The highest BCUT2D eigenvalue weighted by atomic mass is 15.2. The Bertz CT molecular complexity index is 3770. The number of benzene rings is 8. The summed E-state index contributed by atoms with van der Waals surface area (Å²) in [6, 6.07) is 70.2. The number of nitrogens with zero attached hydrogens (tertiary/aromatic N) is 3. The van der Waals surface area contributed by atoms with Crippen LogP contribution in [0, 0.1) is 41.5 Å². The minimum Gasteiger partial charge on any atom is -0.260 e. The lowest BCUT2D eigenvalue weighted by molar-refractivity contribution is -0.533. The van der Waals surface area contributed by atoms with Gasteiger partial charge in [0.05, 0.1) is 16.5 Å². The van der Waals surface area contributed by atoms with Crippen LogP contribution < -0.4 is 0 Å². The minimum absolute atomic E-state index is 0.335. The van der Waals surface area contributed by atoms with Crippen LogP contribution in [0.5, 0.6) is 0 Å². The highest BCUT2D eigenvalue weighted by Crippen LogP contribution is 2.61. The molecule has 4 aliphatic rings. The molecule has 3 nitrogen and oxygen atoms in total. The summed E-state index contributed by atoms with van der Waals surface area (Å²) in [5.74, 6) is 0.335. The molecule has 9 aromatic rings. The molecule has 0 bridgehead atoms. The van der Waals surface area contributed by atoms with Gasteiger partial charge in [0.1, 0.15) is 0 Å². The number of rotatable bonds is 7. The molecule has 0 spiro atoms. The molecule has 0 radical (unpaired) electrons. The smallest absolute Gasteiger partial charge is 0.260 e. The molecule has 0 N–H and O–H groups in total. The summed E-state index contributed by atoms with van der Waals surface area (Å²) >= 11 is 0. The van der Waals surface area contributed by atoms with Gasteiger partial charge in [0, 0.05) is 22.9 Å². The minimum atomic E-state index is -0.714. The van der Waals surface area contributed by atoms with E-state index >= 15 is 0 Å². The zero-order valence-corrected chi connectivity index (χ0v) is 42.8. The molecule has 1 aromatic heterocycles. The predicted molar refractivity (Wildman–Crippen MR) is 294 cm³/mol. The lowest BCUT2D eigenvalue weighted by Crippen LogP contribution is -2.38. The van der Waals surface area contributed by atoms with Gasteiger partial charge in [-0.15, -0.1) is 0 Å². The Morgan fingerprint density at radius 2 is 0.778 bits per heavy atom. The Morgan fingerprint density at radius 3 is 1.19 bits per heavy atom. The second kappa shape index (κ2) is 15.8. The van der Waals surface area contributed by atoms with Crippen molar-refractivity contribution in [1.82, 2.24) is 4.98 Å². The molecule has 72 heavy (non-hydrogen) atoms. The van der Waals surface area contributed by atoms with E-state index in [4.69, 9.17) is 4.98 Å². The van der Waals surface area contributed by atoms with Crippen LogP contribution in [0.3, 0.4) is 0 Å². The summed E-state index contributed by atoms with van der Waals surface area (Å²) in [7, 11) is 2.07. The molecule has 0 amide bonds. The normalized spacial score (nSPS) is 15.6. The highest BCUT2D eigenvalue weighted by Gasteiger charge is 2.57. The maximum absolute atomic E-state index is 5.42. The van der Waals surface area contributed by atoms with E-state index in [2.05, 4.69) is 260 Å². The molecule has 13 rings (SSSR count). The first-order valence-corrected chi connectivity index (χ1v) is 25.7. The Morgan fingerprint density at radius 1 is 0.403 bits per heavy atom. The van der Waals surface area contributed by atoms with Crippen molar-refractivity contribution < 1.29 is 9.15 Å². The van der Waals surface area contributed by atoms with Crippen LogP contribution in [0.15, 0.2) is 188 Å². The standard InChI is InChI=1S/C69H59N3/c1-42(2)49-28-29-70-66(38-49)68(62-24-18-45(5)34-56(62)57-35-46(6)19-25-63(57)68)52-14-10-12-50(39-52)67(60-22-16-43(3)32-54(60)55-33-44(4)17-23-61(55)67)51-13-11-15-53(40-51)69(72-31-30-71(9)41-72)64-26-20-47(7)36-58(64)59-37-48(8)21-27-65(59)69/h10-40,42H,1-9H3/q+2. The molecule has 0 saturated heterocycles. The van der Waals surface area contributed by atoms with Crippen molar-refractivity contribution in [2.45, 2.75) is 77.7 Å².